The summed E-state index contributed by atoms with van der Waals surface area (Å²) in [5.41, 5.74) is 1.79. The molecule has 44 heavy (non-hydrogen) atoms. The summed E-state index contributed by atoms with van der Waals surface area (Å²) >= 11 is 3.35. The van der Waals surface area contributed by atoms with E-state index < -0.39 is 17.0 Å². The molecular weight excluding hydrogens is 632 g/mol. The molecule has 2 amide bonds. The Balaban J connectivity index is 1.49. The molecule has 13 nitrogen and oxygen atoms in total. The fraction of sp³-hybridized carbons (Fsp3) is 0.400. The van der Waals surface area contributed by atoms with E-state index in [1.54, 1.807) is 59.3 Å². The summed E-state index contributed by atoms with van der Waals surface area (Å²) < 4.78 is 7.84. The van der Waals surface area contributed by atoms with Crippen LogP contribution < -0.4 is 10.6 Å². The highest BCUT2D eigenvalue weighted by Gasteiger charge is 2.38. The lowest BCUT2D eigenvalue weighted by Gasteiger charge is -2.35. The molecule has 0 saturated carbocycles. The van der Waals surface area contributed by atoms with Crippen molar-refractivity contribution < 1.29 is 19.2 Å². The quantitative estimate of drug-likeness (QED) is 0.229. The number of nitro benzene ring substituents is 1. The highest BCUT2D eigenvalue weighted by Crippen LogP contribution is 2.36. The number of morpholine rings is 1. The lowest BCUT2D eigenvalue weighted by molar-refractivity contribution is -0.384. The summed E-state index contributed by atoms with van der Waals surface area (Å²) in [6, 6.07) is 3.71. The lowest BCUT2D eigenvalue weighted by atomic mass is 10.1. The zero-order chi connectivity index (χ0) is 31.5. The molecule has 4 atom stereocenters. The average molecular weight is 666 g/mol. The zero-order valence-corrected chi connectivity index (χ0v) is 26.4. The molecule has 5 rings (SSSR count). The Hall–Kier alpha value is -4.48. The number of halogens is 1. The first-order valence-corrected chi connectivity index (χ1v) is 14.9. The second kappa shape index (κ2) is 13.0. The monoisotopic (exact) mass is 664 g/mol. The number of anilines is 2. The zero-order valence-electron chi connectivity index (χ0n) is 24.8. The molecule has 2 aliphatic heterocycles. The fourth-order valence-electron chi connectivity index (χ4n) is 5.59. The number of ether oxygens (including phenoxy) is 1. The molecule has 0 unspecified atom stereocenters. The summed E-state index contributed by atoms with van der Waals surface area (Å²) in [4.78, 5) is 46.8. The van der Waals surface area contributed by atoms with Crippen LogP contribution >= 0.6 is 15.9 Å². The molecule has 0 radical (unpaired) electrons. The number of hydrogen-bond acceptors (Lipinski definition) is 9. The summed E-state index contributed by atoms with van der Waals surface area (Å²) in [6.45, 7) is 4.69. The molecule has 1 aromatic carbocycles. The highest BCUT2D eigenvalue weighted by atomic mass is 79.9. The second-order valence-corrected chi connectivity index (χ2v) is 11.9. The second-order valence-electron chi connectivity index (χ2n) is 11.0. The van der Waals surface area contributed by atoms with Gasteiger partial charge in [-0.15, -0.1) is 0 Å². The van der Waals surface area contributed by atoms with Crippen LogP contribution in [0.25, 0.3) is 0 Å². The molecule has 2 aliphatic rings. The predicted octanol–water partition coefficient (Wildman–Crippen LogP) is 3.52. The van der Waals surface area contributed by atoms with Crippen molar-refractivity contribution in [2.45, 2.75) is 44.6 Å². The van der Waals surface area contributed by atoms with Gasteiger partial charge in [0.25, 0.3) is 17.5 Å². The minimum absolute atomic E-state index is 0.104. The van der Waals surface area contributed by atoms with Crippen molar-refractivity contribution in [3.63, 3.8) is 0 Å². The van der Waals surface area contributed by atoms with Crippen LogP contribution in [0.2, 0.25) is 0 Å². The van der Waals surface area contributed by atoms with Crippen LogP contribution in [0.5, 0.6) is 0 Å². The lowest BCUT2D eigenvalue weighted by Crippen LogP contribution is -2.48. The van der Waals surface area contributed by atoms with Crippen molar-refractivity contribution in [2.75, 3.05) is 37.3 Å². The number of amides is 2. The molecule has 2 fully saturated rings. The average Bonchev–Trinajstić information content (AvgIpc) is 3.60. The van der Waals surface area contributed by atoms with Crippen LogP contribution in [-0.2, 0) is 11.8 Å². The van der Waals surface area contributed by atoms with Gasteiger partial charge in [0.15, 0.2) is 0 Å². The van der Waals surface area contributed by atoms with E-state index in [1.165, 1.54) is 12.3 Å². The van der Waals surface area contributed by atoms with E-state index >= 15 is 0 Å². The number of nitrogens with one attached hydrogen (secondary N) is 2. The molecule has 2 saturated heterocycles. The Morgan fingerprint density at radius 3 is 2.52 bits per heavy atom. The number of rotatable bonds is 6. The van der Waals surface area contributed by atoms with Crippen LogP contribution in [0.4, 0.5) is 17.1 Å². The first-order chi connectivity index (χ1) is 21.0. The summed E-state index contributed by atoms with van der Waals surface area (Å²) in [5, 5.41) is 22.7. The van der Waals surface area contributed by atoms with Crippen molar-refractivity contribution in [1.82, 2.24) is 24.6 Å². The van der Waals surface area contributed by atoms with Crippen molar-refractivity contribution in [2.24, 2.45) is 7.05 Å². The number of likely N-dealkylation sites (tertiary alicyclic amines) is 1. The number of hydrogen-bond donors (Lipinski definition) is 2. The first-order valence-electron chi connectivity index (χ1n) is 14.2. The van der Waals surface area contributed by atoms with Gasteiger partial charge in [0.2, 0.25) is 0 Å². The first kappa shape index (κ1) is 31.0. The van der Waals surface area contributed by atoms with Gasteiger partial charge in [-0.1, -0.05) is 27.8 Å². The van der Waals surface area contributed by atoms with Crippen LogP contribution in [0.1, 0.15) is 46.5 Å². The molecular formula is C30H33BrN8O5. The highest BCUT2D eigenvalue weighted by molar-refractivity contribution is 9.10. The van der Waals surface area contributed by atoms with Gasteiger partial charge < -0.3 is 25.2 Å². The Kier molecular flexibility index (Phi) is 9.17. The predicted molar refractivity (Wildman–Crippen MR) is 167 cm³/mol. The maximum Gasteiger partial charge on any atom is 0.294 e. The third-order valence-electron chi connectivity index (χ3n) is 7.49. The van der Waals surface area contributed by atoms with Gasteiger partial charge in [0, 0.05) is 75.3 Å². The summed E-state index contributed by atoms with van der Waals surface area (Å²) in [7, 11) is 3.53. The maximum atomic E-state index is 13.8. The van der Waals surface area contributed by atoms with E-state index in [9.17, 15) is 19.7 Å². The molecule has 2 N–H and O–H groups in total. The van der Waals surface area contributed by atoms with E-state index in [2.05, 4.69) is 48.5 Å². The topological polar surface area (TPSA) is 148 Å². The third-order valence-corrected chi connectivity index (χ3v) is 7.95. The number of carbonyl (C=O) groups is 2. The number of pyridine rings is 1. The number of aryl methyl sites for hydroxylation is 1. The Labute approximate surface area is 263 Å². The number of nitro groups is 1. The largest absolute Gasteiger partial charge is 0.387 e. The summed E-state index contributed by atoms with van der Waals surface area (Å²) in [6.07, 6.45) is 6.55. The van der Waals surface area contributed by atoms with Crippen LogP contribution in [0.3, 0.4) is 0 Å². The van der Waals surface area contributed by atoms with Crippen molar-refractivity contribution in [3.05, 3.63) is 74.3 Å². The van der Waals surface area contributed by atoms with Crippen molar-refractivity contribution >= 4 is 44.8 Å². The van der Waals surface area contributed by atoms with Gasteiger partial charge >= 0.3 is 0 Å². The maximum absolute atomic E-state index is 13.8. The minimum Gasteiger partial charge on any atom is -0.387 e. The molecule has 0 bridgehead atoms. The molecule has 2 aromatic heterocycles. The Bertz CT molecular complexity index is 1640. The van der Waals surface area contributed by atoms with Crippen molar-refractivity contribution in [1.29, 1.82) is 0 Å². The van der Waals surface area contributed by atoms with Crippen molar-refractivity contribution in [3.8, 4) is 11.8 Å². The van der Waals surface area contributed by atoms with Gasteiger partial charge in [0.1, 0.15) is 5.69 Å². The third kappa shape index (κ3) is 6.84. The van der Waals surface area contributed by atoms with Gasteiger partial charge in [-0.2, -0.15) is 5.10 Å². The molecule has 0 spiro atoms. The number of nitrogens with zero attached hydrogens (tertiary/aromatic N) is 6. The fourth-order valence-corrected chi connectivity index (χ4v) is 6.03. The van der Waals surface area contributed by atoms with Crippen LogP contribution in [0.15, 0.2) is 47.5 Å². The summed E-state index contributed by atoms with van der Waals surface area (Å²) in [5.74, 6) is 5.68. The van der Waals surface area contributed by atoms with E-state index in [0.29, 0.717) is 40.8 Å². The number of aromatic nitrogens is 3. The van der Waals surface area contributed by atoms with E-state index in [1.807, 2.05) is 13.8 Å². The molecule has 4 heterocycles. The van der Waals surface area contributed by atoms with Gasteiger partial charge in [0.05, 0.1) is 51.7 Å². The van der Waals surface area contributed by atoms with E-state index in [0.717, 1.165) is 0 Å². The SMILES string of the molecule is CNc1cncc(C(=O)N2C[C@H](Nc3c(C(=O)N4C[C@@H](C)O[C@@H](C)C4)cc(Br)cc3[N+](=O)[O-])C[C@H]2C#Cc2cnn(C)c2)c1. The molecule has 3 aromatic rings. The number of carbonyl (C=O) groups excluding carboxylic acids is 2. The smallest absolute Gasteiger partial charge is 0.294 e. The standard InChI is InChI=1S/C30H33BrN8O5/c1-18-14-37(15-19(2)44-18)30(41)26-8-22(31)9-27(39(42)43)28(26)35-24-10-25(6-5-20-11-34-36(4)16-20)38(17-24)29(40)21-7-23(32-3)13-33-12-21/h7-9,11-13,16,18-19,24-25,32,35H,10,14-15,17H2,1-4H3/t18-,19+,24-,25-/m1/s1. The van der Waals surface area contributed by atoms with Gasteiger partial charge in [-0.25, -0.2) is 0 Å². The Morgan fingerprint density at radius 1 is 1.11 bits per heavy atom. The molecule has 14 heteroatoms. The molecule has 0 aliphatic carbocycles. The number of benzene rings is 1. The van der Waals surface area contributed by atoms with E-state index in [4.69, 9.17) is 4.74 Å². The van der Waals surface area contributed by atoms with Gasteiger partial charge in [-0.3, -0.25) is 29.4 Å². The van der Waals surface area contributed by atoms with Crippen LogP contribution in [0, 0.1) is 22.0 Å². The minimum atomic E-state index is -0.520. The molecule has 230 valence electrons. The van der Waals surface area contributed by atoms with Gasteiger partial charge in [-0.05, 0) is 26.0 Å². The van der Waals surface area contributed by atoms with E-state index in [-0.39, 0.29) is 47.5 Å². The Morgan fingerprint density at radius 2 is 1.86 bits per heavy atom. The normalized spacial score (nSPS) is 21.4. The van der Waals surface area contributed by atoms with Crippen LogP contribution in [-0.4, -0.2) is 92.3 Å².